The Morgan fingerprint density at radius 2 is 1.91 bits per heavy atom. The molecule has 0 bridgehead atoms. The van der Waals surface area contributed by atoms with Crippen LogP contribution in [0, 0.1) is 6.92 Å². The molecule has 0 radical (unpaired) electrons. The number of rotatable bonds is 5. The number of nitrogens with zero attached hydrogens (tertiary/aromatic N) is 1. The molecule has 2 heterocycles. The predicted molar refractivity (Wildman–Crippen MR) is 142 cm³/mol. The van der Waals surface area contributed by atoms with Crippen molar-refractivity contribution in [1.82, 2.24) is 4.98 Å². The summed E-state index contributed by atoms with van der Waals surface area (Å²) in [5, 5.41) is 5.52. The minimum Gasteiger partial charge on any atom is -0.496 e. The molecule has 0 aliphatic heterocycles. The van der Waals surface area contributed by atoms with Gasteiger partial charge < -0.3 is 14.5 Å². The van der Waals surface area contributed by atoms with Gasteiger partial charge >= 0.3 is 0 Å². The third-order valence-corrected chi connectivity index (χ3v) is 6.30. The van der Waals surface area contributed by atoms with Crippen LogP contribution in [0.25, 0.3) is 38.6 Å². The molecule has 0 saturated carbocycles. The number of nitrogens with one attached hydrogen (secondary N) is 1. The number of allylic oxidation sites excluding steroid dienone is 1. The Balaban J connectivity index is 1.51. The number of carbonyl (C=O) groups excluding carboxylic acids is 1. The molecule has 2 aromatic heterocycles. The molecule has 0 aliphatic carbocycles. The van der Waals surface area contributed by atoms with Gasteiger partial charge in [0.05, 0.1) is 18.9 Å². The molecular formula is C29H23ClN2O3. The molecule has 6 heteroatoms. The largest absolute Gasteiger partial charge is 0.496 e. The molecule has 0 unspecified atom stereocenters. The Morgan fingerprint density at radius 3 is 2.69 bits per heavy atom. The second kappa shape index (κ2) is 9.28. The molecule has 5 nitrogen and oxygen atoms in total. The average Bonchev–Trinajstić information content (AvgIpc) is 3.28. The number of hydrogen-bond donors (Lipinski definition) is 1. The normalized spacial score (nSPS) is 11.7. The summed E-state index contributed by atoms with van der Waals surface area (Å²) < 4.78 is 11.6. The van der Waals surface area contributed by atoms with Gasteiger partial charge in [0.15, 0.2) is 0 Å². The third kappa shape index (κ3) is 4.38. The van der Waals surface area contributed by atoms with Crippen LogP contribution in [0.3, 0.4) is 0 Å². The number of halogens is 1. The SMILES string of the molecule is COc1c(/C(C)=C/C(=O)Nc2ccc3ncccc3c2)cc2c(-c3ccc(Cl)cc3)coc2c1C. The fourth-order valence-corrected chi connectivity index (χ4v) is 4.46. The highest BCUT2D eigenvalue weighted by molar-refractivity contribution is 6.30. The van der Waals surface area contributed by atoms with E-state index >= 15 is 0 Å². The number of pyridine rings is 1. The van der Waals surface area contributed by atoms with Gasteiger partial charge in [0.1, 0.15) is 11.3 Å². The molecule has 174 valence electrons. The van der Waals surface area contributed by atoms with E-state index in [-0.39, 0.29) is 5.91 Å². The highest BCUT2D eigenvalue weighted by Gasteiger charge is 2.19. The predicted octanol–water partition coefficient (Wildman–Crippen LogP) is 7.66. The maximum absolute atomic E-state index is 12.9. The third-order valence-electron chi connectivity index (χ3n) is 6.05. The van der Waals surface area contributed by atoms with Crippen LogP contribution < -0.4 is 10.1 Å². The summed E-state index contributed by atoms with van der Waals surface area (Å²) in [7, 11) is 1.62. The standard InChI is InChI=1S/C29H23ClN2O3/c1-17(13-27(33)32-22-10-11-26-20(14-22)5-4-12-31-26)23-15-24-25(19-6-8-21(30)9-7-19)16-35-29(24)18(2)28(23)34-3/h4-16H,1-3H3,(H,32,33)/b17-13+. The van der Waals surface area contributed by atoms with Crippen molar-refractivity contribution in [3.05, 3.63) is 95.3 Å². The molecule has 0 saturated heterocycles. The van der Waals surface area contributed by atoms with Crippen LogP contribution in [-0.2, 0) is 4.79 Å². The molecule has 0 atom stereocenters. The van der Waals surface area contributed by atoms with Gasteiger partial charge in [-0.15, -0.1) is 0 Å². The number of methoxy groups -OCH3 is 1. The van der Waals surface area contributed by atoms with Crippen molar-refractivity contribution < 1.29 is 13.9 Å². The van der Waals surface area contributed by atoms with E-state index in [0.717, 1.165) is 49.7 Å². The molecular weight excluding hydrogens is 460 g/mol. The Bertz CT molecular complexity index is 1600. The van der Waals surface area contributed by atoms with E-state index in [1.54, 1.807) is 25.6 Å². The Morgan fingerprint density at radius 1 is 1.11 bits per heavy atom. The van der Waals surface area contributed by atoms with Crippen LogP contribution >= 0.6 is 11.6 Å². The first kappa shape index (κ1) is 22.7. The lowest BCUT2D eigenvalue weighted by atomic mass is 9.96. The smallest absolute Gasteiger partial charge is 0.248 e. The molecule has 1 amide bonds. The zero-order chi connectivity index (χ0) is 24.5. The van der Waals surface area contributed by atoms with Crippen molar-refractivity contribution in [3.8, 4) is 16.9 Å². The number of ether oxygens (including phenoxy) is 1. The van der Waals surface area contributed by atoms with E-state index in [9.17, 15) is 4.79 Å². The van der Waals surface area contributed by atoms with Gasteiger partial charge in [-0.3, -0.25) is 9.78 Å². The molecule has 35 heavy (non-hydrogen) atoms. The number of carbonyl (C=O) groups is 1. The molecule has 0 spiro atoms. The molecule has 3 aromatic carbocycles. The maximum Gasteiger partial charge on any atom is 0.248 e. The van der Waals surface area contributed by atoms with Gasteiger partial charge in [-0.05, 0) is 67.4 Å². The second-order valence-corrected chi connectivity index (χ2v) is 8.78. The van der Waals surface area contributed by atoms with E-state index in [0.29, 0.717) is 16.5 Å². The number of benzene rings is 3. The molecule has 1 N–H and O–H groups in total. The first-order valence-corrected chi connectivity index (χ1v) is 11.5. The monoisotopic (exact) mass is 482 g/mol. The molecule has 5 aromatic rings. The molecule has 0 aliphatic rings. The van der Waals surface area contributed by atoms with Crippen LogP contribution in [0.4, 0.5) is 5.69 Å². The van der Waals surface area contributed by atoms with Crippen molar-refractivity contribution in [2.45, 2.75) is 13.8 Å². The van der Waals surface area contributed by atoms with Gasteiger partial charge in [-0.25, -0.2) is 0 Å². The van der Waals surface area contributed by atoms with E-state index in [4.69, 9.17) is 20.8 Å². The van der Waals surface area contributed by atoms with Crippen LogP contribution in [0.2, 0.25) is 5.02 Å². The van der Waals surface area contributed by atoms with E-state index in [1.807, 2.05) is 74.5 Å². The zero-order valence-electron chi connectivity index (χ0n) is 19.6. The maximum atomic E-state index is 12.9. The quantitative estimate of drug-likeness (QED) is 0.261. The zero-order valence-corrected chi connectivity index (χ0v) is 20.3. The van der Waals surface area contributed by atoms with E-state index < -0.39 is 0 Å². The number of hydrogen-bond acceptors (Lipinski definition) is 4. The van der Waals surface area contributed by atoms with Gasteiger partial charge in [-0.1, -0.05) is 29.8 Å². The fourth-order valence-electron chi connectivity index (χ4n) is 4.33. The Kier molecular flexibility index (Phi) is 6.01. The van der Waals surface area contributed by atoms with Crippen LogP contribution in [0.5, 0.6) is 5.75 Å². The minimum absolute atomic E-state index is 0.226. The van der Waals surface area contributed by atoms with Gasteiger partial charge in [-0.2, -0.15) is 0 Å². The molecule has 0 fully saturated rings. The van der Waals surface area contributed by atoms with Crippen LogP contribution in [-0.4, -0.2) is 18.0 Å². The molecule has 5 rings (SSSR count). The van der Waals surface area contributed by atoms with E-state index in [2.05, 4.69) is 10.3 Å². The second-order valence-electron chi connectivity index (χ2n) is 8.34. The first-order chi connectivity index (χ1) is 16.9. The van der Waals surface area contributed by atoms with Crippen LogP contribution in [0.15, 0.2) is 83.6 Å². The summed E-state index contributed by atoms with van der Waals surface area (Å²) in [4.78, 5) is 17.2. The highest BCUT2D eigenvalue weighted by Crippen LogP contribution is 2.40. The Labute approximate surface area is 208 Å². The first-order valence-electron chi connectivity index (χ1n) is 11.1. The number of furan rings is 1. The van der Waals surface area contributed by atoms with Crippen molar-refractivity contribution in [3.63, 3.8) is 0 Å². The summed E-state index contributed by atoms with van der Waals surface area (Å²) in [6.07, 6.45) is 5.07. The number of amides is 1. The van der Waals surface area contributed by atoms with Crippen molar-refractivity contribution in [1.29, 1.82) is 0 Å². The number of anilines is 1. The average molecular weight is 483 g/mol. The summed E-state index contributed by atoms with van der Waals surface area (Å²) in [6, 6.07) is 19.1. The van der Waals surface area contributed by atoms with Gasteiger partial charge in [0.25, 0.3) is 0 Å². The lowest BCUT2D eigenvalue weighted by Gasteiger charge is -2.13. The van der Waals surface area contributed by atoms with Crippen molar-refractivity contribution in [2.75, 3.05) is 12.4 Å². The minimum atomic E-state index is -0.226. The summed E-state index contributed by atoms with van der Waals surface area (Å²) in [5.74, 6) is 0.448. The van der Waals surface area contributed by atoms with Crippen LogP contribution in [0.1, 0.15) is 18.1 Å². The van der Waals surface area contributed by atoms with Gasteiger partial charge in [0.2, 0.25) is 5.91 Å². The Hall–Kier alpha value is -4.09. The lowest BCUT2D eigenvalue weighted by Crippen LogP contribution is -2.08. The van der Waals surface area contributed by atoms with Crippen molar-refractivity contribution >= 4 is 50.6 Å². The summed E-state index contributed by atoms with van der Waals surface area (Å²) in [6.45, 7) is 3.85. The number of fused-ring (bicyclic) bond motifs is 2. The van der Waals surface area contributed by atoms with E-state index in [1.165, 1.54) is 0 Å². The number of aromatic nitrogens is 1. The summed E-state index contributed by atoms with van der Waals surface area (Å²) >= 11 is 6.07. The lowest BCUT2D eigenvalue weighted by molar-refractivity contribution is -0.111. The van der Waals surface area contributed by atoms with Gasteiger partial charge in [0, 0.05) is 50.4 Å². The van der Waals surface area contributed by atoms with Crippen molar-refractivity contribution in [2.24, 2.45) is 0 Å². The summed E-state index contributed by atoms with van der Waals surface area (Å²) in [5.41, 5.74) is 6.75. The fraction of sp³-hybridized carbons (Fsp3) is 0.103. The topological polar surface area (TPSA) is 64.4 Å². The number of aryl methyl sites for hydroxylation is 1. The highest BCUT2D eigenvalue weighted by atomic mass is 35.5.